The molecular formula is C26H29N5O2S. The minimum Gasteiger partial charge on any atom is -0.495 e. The molecule has 1 aliphatic carbocycles. The fourth-order valence-electron chi connectivity index (χ4n) is 5.14. The van der Waals surface area contributed by atoms with Gasteiger partial charge in [-0.3, -0.25) is 9.78 Å². The van der Waals surface area contributed by atoms with Crippen molar-refractivity contribution >= 4 is 34.6 Å². The lowest BCUT2D eigenvalue weighted by Gasteiger charge is -2.28. The van der Waals surface area contributed by atoms with Gasteiger partial charge in [0.1, 0.15) is 5.75 Å². The average Bonchev–Trinajstić information content (AvgIpc) is 3.59. The van der Waals surface area contributed by atoms with E-state index in [1.807, 2.05) is 42.6 Å². The maximum absolute atomic E-state index is 11.8. The maximum atomic E-state index is 11.8. The summed E-state index contributed by atoms with van der Waals surface area (Å²) in [7, 11) is 1.59. The summed E-state index contributed by atoms with van der Waals surface area (Å²) in [6.07, 6.45) is 11.3. The number of nitrogens with one attached hydrogen (secondary N) is 2. The van der Waals surface area contributed by atoms with E-state index in [2.05, 4.69) is 43.5 Å². The van der Waals surface area contributed by atoms with E-state index in [4.69, 9.17) is 17.0 Å². The zero-order valence-electron chi connectivity index (χ0n) is 19.4. The Morgan fingerprint density at radius 3 is 2.74 bits per heavy atom. The van der Waals surface area contributed by atoms with Gasteiger partial charge in [-0.2, -0.15) is 0 Å². The average molecular weight is 476 g/mol. The van der Waals surface area contributed by atoms with Gasteiger partial charge in [-0.15, -0.1) is 0 Å². The second kappa shape index (κ2) is 9.46. The normalized spacial score (nSPS) is 20.4. The number of pyridine rings is 1. The van der Waals surface area contributed by atoms with Crippen molar-refractivity contribution in [2.75, 3.05) is 17.3 Å². The summed E-state index contributed by atoms with van der Waals surface area (Å²) in [5.74, 6) is 0.441. The molecule has 2 unspecified atom stereocenters. The molecule has 2 aliphatic rings. The van der Waals surface area contributed by atoms with Gasteiger partial charge in [-0.25, -0.2) is 0 Å². The van der Waals surface area contributed by atoms with Crippen LogP contribution in [0.1, 0.15) is 62.0 Å². The Balaban J connectivity index is 1.57. The van der Waals surface area contributed by atoms with Crippen LogP contribution in [-0.4, -0.2) is 27.7 Å². The van der Waals surface area contributed by atoms with E-state index >= 15 is 0 Å². The third kappa shape index (κ3) is 4.25. The van der Waals surface area contributed by atoms with E-state index in [1.54, 1.807) is 7.11 Å². The van der Waals surface area contributed by atoms with Crippen LogP contribution in [-0.2, 0) is 4.79 Å². The van der Waals surface area contributed by atoms with Crippen LogP contribution in [0, 0.1) is 0 Å². The Morgan fingerprint density at radius 1 is 1.21 bits per heavy atom. The van der Waals surface area contributed by atoms with Crippen LogP contribution in [0.3, 0.4) is 0 Å². The van der Waals surface area contributed by atoms with Gasteiger partial charge in [0, 0.05) is 37.2 Å². The number of carbonyl (C=O) groups is 1. The first kappa shape index (κ1) is 22.4. The van der Waals surface area contributed by atoms with Crippen LogP contribution in [0.25, 0.3) is 0 Å². The summed E-state index contributed by atoms with van der Waals surface area (Å²) in [4.78, 5) is 18.6. The standard InChI is InChI=1S/C26H29N5O2S/c1-17(32)28-22-15-20(10-11-23(22)33-2)31-25(18-12-14-30(16-18)19-7-3-4-8-19)24(29-26(31)34)21-9-5-6-13-27-21/h5-6,9-16,19,24-25H,3-4,7-8H2,1-2H3,(H,28,32)(H,29,34). The molecule has 8 heteroatoms. The molecule has 0 radical (unpaired) electrons. The summed E-state index contributed by atoms with van der Waals surface area (Å²) in [6.45, 7) is 1.49. The van der Waals surface area contributed by atoms with Gasteiger partial charge in [0.05, 0.1) is 30.6 Å². The molecule has 0 bridgehead atoms. The second-order valence-corrected chi connectivity index (χ2v) is 9.28. The molecule has 1 saturated heterocycles. The number of amides is 1. The van der Waals surface area contributed by atoms with E-state index in [0.717, 1.165) is 11.4 Å². The molecule has 2 aromatic heterocycles. The van der Waals surface area contributed by atoms with E-state index in [-0.39, 0.29) is 18.0 Å². The van der Waals surface area contributed by atoms with Gasteiger partial charge >= 0.3 is 0 Å². The molecule has 2 fully saturated rings. The highest BCUT2D eigenvalue weighted by Gasteiger charge is 2.41. The monoisotopic (exact) mass is 475 g/mol. The molecule has 1 aromatic carbocycles. The van der Waals surface area contributed by atoms with E-state index in [1.165, 1.54) is 38.2 Å². The Hall–Kier alpha value is -3.39. The third-order valence-electron chi connectivity index (χ3n) is 6.70. The minimum absolute atomic E-state index is 0.0939. The van der Waals surface area contributed by atoms with Crippen molar-refractivity contribution < 1.29 is 9.53 Å². The van der Waals surface area contributed by atoms with Gasteiger partial charge in [0.25, 0.3) is 0 Å². The van der Waals surface area contributed by atoms with Crippen LogP contribution in [0.15, 0.2) is 61.1 Å². The zero-order valence-corrected chi connectivity index (χ0v) is 20.2. The first-order valence-electron chi connectivity index (χ1n) is 11.7. The highest BCUT2D eigenvalue weighted by molar-refractivity contribution is 7.80. The van der Waals surface area contributed by atoms with Crippen molar-refractivity contribution in [1.82, 2.24) is 14.9 Å². The number of benzene rings is 1. The van der Waals surface area contributed by atoms with Crippen LogP contribution in [0.5, 0.6) is 5.75 Å². The summed E-state index contributed by atoms with van der Waals surface area (Å²) in [6, 6.07) is 14.2. The number of carbonyl (C=O) groups excluding carboxylic acids is 1. The fourth-order valence-corrected chi connectivity index (χ4v) is 5.49. The topological polar surface area (TPSA) is 71.4 Å². The maximum Gasteiger partial charge on any atom is 0.221 e. The highest BCUT2D eigenvalue weighted by Crippen LogP contribution is 2.44. The van der Waals surface area contributed by atoms with Crippen LogP contribution >= 0.6 is 12.2 Å². The molecule has 3 aromatic rings. The van der Waals surface area contributed by atoms with Gasteiger partial charge < -0.3 is 24.8 Å². The number of nitrogens with zero attached hydrogens (tertiary/aromatic N) is 3. The molecule has 3 heterocycles. The van der Waals surface area contributed by atoms with Crippen LogP contribution < -0.4 is 20.3 Å². The second-order valence-electron chi connectivity index (χ2n) is 8.89. The number of anilines is 2. The molecular weight excluding hydrogens is 446 g/mol. The molecule has 34 heavy (non-hydrogen) atoms. The van der Waals surface area contributed by atoms with Gasteiger partial charge in [-0.05, 0) is 67.0 Å². The van der Waals surface area contributed by atoms with Gasteiger partial charge in [0.2, 0.25) is 5.91 Å². The predicted octanol–water partition coefficient (Wildman–Crippen LogP) is 5.14. The summed E-state index contributed by atoms with van der Waals surface area (Å²) in [5.41, 5.74) is 3.59. The fraction of sp³-hybridized carbons (Fsp3) is 0.346. The lowest BCUT2D eigenvalue weighted by molar-refractivity contribution is -0.114. The largest absolute Gasteiger partial charge is 0.495 e. The molecule has 176 valence electrons. The molecule has 5 rings (SSSR count). The number of methoxy groups -OCH3 is 1. The summed E-state index contributed by atoms with van der Waals surface area (Å²) in [5, 5.41) is 6.99. The lowest BCUT2D eigenvalue weighted by Crippen LogP contribution is -2.29. The molecule has 1 aliphatic heterocycles. The number of aromatic nitrogens is 2. The number of thiocarbonyl (C=S) groups is 1. The Morgan fingerprint density at radius 2 is 2.03 bits per heavy atom. The SMILES string of the molecule is COc1ccc(N2C(=S)NC(c3ccccn3)C2c2ccn(C3CCCC3)c2)cc1NC(C)=O. The molecule has 0 spiro atoms. The van der Waals surface area contributed by atoms with Crippen molar-refractivity contribution in [3.8, 4) is 5.75 Å². The molecule has 7 nitrogen and oxygen atoms in total. The van der Waals surface area contributed by atoms with E-state index < -0.39 is 0 Å². The zero-order chi connectivity index (χ0) is 23.7. The van der Waals surface area contributed by atoms with E-state index in [0.29, 0.717) is 22.6 Å². The number of rotatable bonds is 6. The summed E-state index contributed by atoms with van der Waals surface area (Å²) >= 11 is 5.84. The van der Waals surface area contributed by atoms with Crippen molar-refractivity contribution in [2.45, 2.75) is 50.7 Å². The Kier molecular flexibility index (Phi) is 6.24. The Labute approximate surface area is 205 Å². The predicted molar refractivity (Wildman–Crippen MR) is 137 cm³/mol. The molecule has 2 N–H and O–H groups in total. The van der Waals surface area contributed by atoms with Crippen LogP contribution in [0.2, 0.25) is 0 Å². The van der Waals surface area contributed by atoms with Gasteiger partial charge in [-0.1, -0.05) is 18.9 Å². The van der Waals surface area contributed by atoms with Crippen molar-refractivity contribution in [2.24, 2.45) is 0 Å². The molecule has 2 atom stereocenters. The third-order valence-corrected chi connectivity index (χ3v) is 7.01. The minimum atomic E-state index is -0.158. The number of hydrogen-bond acceptors (Lipinski definition) is 4. The Bertz CT molecular complexity index is 1190. The van der Waals surface area contributed by atoms with Crippen molar-refractivity contribution in [3.05, 3.63) is 72.3 Å². The van der Waals surface area contributed by atoms with E-state index in [9.17, 15) is 4.79 Å². The van der Waals surface area contributed by atoms with Crippen molar-refractivity contribution in [3.63, 3.8) is 0 Å². The first-order chi connectivity index (χ1) is 16.5. The van der Waals surface area contributed by atoms with Gasteiger partial charge in [0.15, 0.2) is 5.11 Å². The smallest absolute Gasteiger partial charge is 0.221 e. The van der Waals surface area contributed by atoms with Crippen LogP contribution in [0.4, 0.5) is 11.4 Å². The summed E-state index contributed by atoms with van der Waals surface area (Å²) < 4.78 is 7.81. The molecule has 1 saturated carbocycles. The van der Waals surface area contributed by atoms with Crippen molar-refractivity contribution in [1.29, 1.82) is 0 Å². The quantitative estimate of drug-likeness (QED) is 0.481. The highest BCUT2D eigenvalue weighted by atomic mass is 32.1. The molecule has 1 amide bonds. The number of ether oxygens (including phenoxy) is 1. The lowest BCUT2D eigenvalue weighted by atomic mass is 9.98. The number of hydrogen-bond donors (Lipinski definition) is 2. The first-order valence-corrected chi connectivity index (χ1v) is 12.1.